The molecule has 17 heavy (non-hydrogen) atoms. The summed E-state index contributed by atoms with van der Waals surface area (Å²) in [7, 11) is 0. The lowest BCUT2D eigenvalue weighted by Crippen LogP contribution is -2.29. The minimum absolute atomic E-state index is 0.181. The Labute approximate surface area is 102 Å². The predicted octanol–water partition coefficient (Wildman–Crippen LogP) is 2.59. The molecule has 0 aliphatic carbocycles. The summed E-state index contributed by atoms with van der Waals surface area (Å²) in [6.45, 7) is 5.74. The molecule has 0 atom stereocenters. The van der Waals surface area contributed by atoms with E-state index in [0.717, 1.165) is 5.56 Å². The maximum absolute atomic E-state index is 11.4. The first-order chi connectivity index (χ1) is 7.97. The maximum atomic E-state index is 11.4. The zero-order valence-electron chi connectivity index (χ0n) is 10.6. The molecule has 0 unspecified atom stereocenters. The summed E-state index contributed by atoms with van der Waals surface area (Å²) in [5.41, 5.74) is 0.659. The molecule has 0 saturated heterocycles. The van der Waals surface area contributed by atoms with Crippen LogP contribution in [-0.4, -0.2) is 18.1 Å². The van der Waals surface area contributed by atoms with Gasteiger partial charge in [-0.3, -0.25) is 4.79 Å². The molecule has 0 spiro atoms. The van der Waals surface area contributed by atoms with Gasteiger partial charge in [-0.05, 0) is 38.6 Å². The molecule has 0 aromatic heterocycles. The van der Waals surface area contributed by atoms with E-state index in [9.17, 15) is 4.79 Å². The van der Waals surface area contributed by atoms with E-state index in [1.165, 1.54) is 0 Å². The second kappa shape index (κ2) is 6.09. The molecular weight excluding hydrogens is 214 g/mol. The van der Waals surface area contributed by atoms with Crippen molar-refractivity contribution in [3.63, 3.8) is 0 Å². The lowest BCUT2D eigenvalue weighted by atomic mass is 10.2. The Kier molecular flexibility index (Phi) is 4.76. The molecule has 1 aromatic carbocycles. The van der Waals surface area contributed by atoms with Crippen LogP contribution in [0.1, 0.15) is 26.3 Å². The lowest BCUT2D eigenvalue weighted by Gasteiger charge is -2.19. The van der Waals surface area contributed by atoms with Gasteiger partial charge in [-0.25, -0.2) is 0 Å². The van der Waals surface area contributed by atoms with Gasteiger partial charge in [0.1, 0.15) is 12.1 Å². The third-order valence-electron chi connectivity index (χ3n) is 1.86. The molecule has 1 rings (SSSR count). The lowest BCUT2D eigenvalue weighted by molar-refractivity contribution is -0.153. The van der Waals surface area contributed by atoms with Gasteiger partial charge in [-0.2, -0.15) is 0 Å². The summed E-state index contributed by atoms with van der Waals surface area (Å²) >= 11 is 0. The first-order valence-electron chi connectivity index (χ1n) is 5.64. The van der Waals surface area contributed by atoms with Gasteiger partial charge in [0.25, 0.3) is 0 Å². The molecule has 0 fully saturated rings. The molecule has 0 saturated carbocycles. The van der Waals surface area contributed by atoms with Gasteiger partial charge in [0.05, 0.1) is 0 Å². The number of esters is 1. The standard InChI is InChI=1S/C14H19NO2/c1-14(2,3)17-13(16)11-15-10-9-12-7-5-4-6-8-12/h4-10,15H,11H2,1-3H3. The Morgan fingerprint density at radius 1 is 1.29 bits per heavy atom. The highest BCUT2D eigenvalue weighted by atomic mass is 16.6. The van der Waals surface area contributed by atoms with Gasteiger partial charge in [0.2, 0.25) is 0 Å². The number of benzene rings is 1. The number of rotatable bonds is 4. The van der Waals surface area contributed by atoms with Crippen LogP contribution in [0.3, 0.4) is 0 Å². The van der Waals surface area contributed by atoms with E-state index in [-0.39, 0.29) is 12.5 Å². The van der Waals surface area contributed by atoms with E-state index in [0.29, 0.717) is 0 Å². The van der Waals surface area contributed by atoms with E-state index in [4.69, 9.17) is 4.74 Å². The second-order valence-electron chi connectivity index (χ2n) is 4.71. The first kappa shape index (κ1) is 13.3. The average molecular weight is 233 g/mol. The molecule has 0 amide bonds. The van der Waals surface area contributed by atoms with E-state index in [1.54, 1.807) is 6.20 Å². The number of nitrogens with one attached hydrogen (secondary N) is 1. The zero-order chi connectivity index (χ0) is 12.7. The summed E-state index contributed by atoms with van der Waals surface area (Å²) in [5.74, 6) is -0.254. The van der Waals surface area contributed by atoms with Gasteiger partial charge < -0.3 is 10.1 Å². The molecule has 3 nitrogen and oxygen atoms in total. The normalized spacial score (nSPS) is 11.5. The minimum atomic E-state index is -0.429. The van der Waals surface area contributed by atoms with Crippen molar-refractivity contribution < 1.29 is 9.53 Å². The van der Waals surface area contributed by atoms with Crippen LogP contribution in [0.15, 0.2) is 36.5 Å². The summed E-state index contributed by atoms with van der Waals surface area (Å²) < 4.78 is 5.15. The average Bonchev–Trinajstić information content (AvgIpc) is 2.23. The van der Waals surface area contributed by atoms with Crippen LogP contribution in [0.5, 0.6) is 0 Å². The fourth-order valence-electron chi connectivity index (χ4n) is 1.24. The topological polar surface area (TPSA) is 38.3 Å². The monoisotopic (exact) mass is 233 g/mol. The molecule has 0 heterocycles. The maximum Gasteiger partial charge on any atom is 0.325 e. The van der Waals surface area contributed by atoms with Crippen molar-refractivity contribution in [3.05, 3.63) is 42.1 Å². The van der Waals surface area contributed by atoms with Gasteiger partial charge in [0, 0.05) is 0 Å². The third-order valence-corrected chi connectivity index (χ3v) is 1.86. The van der Waals surface area contributed by atoms with Crippen LogP contribution < -0.4 is 5.32 Å². The molecule has 0 aliphatic heterocycles. The second-order valence-corrected chi connectivity index (χ2v) is 4.71. The van der Waals surface area contributed by atoms with Crippen LogP contribution >= 0.6 is 0 Å². The van der Waals surface area contributed by atoms with E-state index in [2.05, 4.69) is 5.32 Å². The van der Waals surface area contributed by atoms with Crippen molar-refractivity contribution in [1.29, 1.82) is 0 Å². The Morgan fingerprint density at radius 3 is 2.53 bits per heavy atom. The molecule has 1 aromatic rings. The summed E-state index contributed by atoms with van der Waals surface area (Å²) in [5, 5.41) is 2.90. The highest BCUT2D eigenvalue weighted by Crippen LogP contribution is 2.06. The molecule has 0 aliphatic rings. The van der Waals surface area contributed by atoms with Crippen molar-refractivity contribution in [2.45, 2.75) is 26.4 Å². The SMILES string of the molecule is CC(C)(C)OC(=O)CNC=Cc1ccccc1. The van der Waals surface area contributed by atoms with Gasteiger partial charge in [-0.15, -0.1) is 0 Å². The highest BCUT2D eigenvalue weighted by Gasteiger charge is 2.14. The molecule has 0 bridgehead atoms. The van der Waals surface area contributed by atoms with Gasteiger partial charge >= 0.3 is 5.97 Å². The van der Waals surface area contributed by atoms with Crippen molar-refractivity contribution >= 4 is 12.0 Å². The molecule has 0 radical (unpaired) electrons. The number of hydrogen-bond acceptors (Lipinski definition) is 3. The number of hydrogen-bond donors (Lipinski definition) is 1. The molecule has 1 N–H and O–H groups in total. The Hall–Kier alpha value is -1.77. The van der Waals surface area contributed by atoms with E-state index in [1.807, 2.05) is 57.2 Å². The van der Waals surface area contributed by atoms with E-state index >= 15 is 0 Å². The Morgan fingerprint density at radius 2 is 1.94 bits per heavy atom. The van der Waals surface area contributed by atoms with Crippen LogP contribution in [0, 0.1) is 0 Å². The third kappa shape index (κ3) is 6.40. The Balaban J connectivity index is 2.29. The van der Waals surface area contributed by atoms with Crippen LogP contribution in [-0.2, 0) is 9.53 Å². The molecule has 92 valence electrons. The summed E-state index contributed by atoms with van der Waals surface area (Å²) in [4.78, 5) is 11.4. The van der Waals surface area contributed by atoms with Crippen LogP contribution in [0.25, 0.3) is 6.08 Å². The fourth-order valence-corrected chi connectivity index (χ4v) is 1.24. The van der Waals surface area contributed by atoms with Crippen molar-refractivity contribution in [3.8, 4) is 0 Å². The van der Waals surface area contributed by atoms with Crippen molar-refractivity contribution in [2.75, 3.05) is 6.54 Å². The van der Waals surface area contributed by atoms with E-state index < -0.39 is 5.60 Å². The number of carbonyl (C=O) groups excluding carboxylic acids is 1. The summed E-state index contributed by atoms with van der Waals surface area (Å²) in [6.07, 6.45) is 3.66. The fraction of sp³-hybridized carbons (Fsp3) is 0.357. The van der Waals surface area contributed by atoms with Crippen molar-refractivity contribution in [2.24, 2.45) is 0 Å². The van der Waals surface area contributed by atoms with Gasteiger partial charge in [0.15, 0.2) is 0 Å². The molecule has 3 heteroatoms. The highest BCUT2D eigenvalue weighted by molar-refractivity contribution is 5.72. The molecular formula is C14H19NO2. The number of carbonyl (C=O) groups is 1. The zero-order valence-corrected chi connectivity index (χ0v) is 10.6. The Bertz CT molecular complexity index is 377. The largest absolute Gasteiger partial charge is 0.459 e. The summed E-state index contributed by atoms with van der Waals surface area (Å²) in [6, 6.07) is 9.88. The smallest absolute Gasteiger partial charge is 0.325 e. The van der Waals surface area contributed by atoms with Crippen LogP contribution in [0.2, 0.25) is 0 Å². The number of ether oxygens (including phenoxy) is 1. The minimum Gasteiger partial charge on any atom is -0.459 e. The van der Waals surface area contributed by atoms with Gasteiger partial charge in [-0.1, -0.05) is 30.3 Å². The van der Waals surface area contributed by atoms with Crippen molar-refractivity contribution in [1.82, 2.24) is 5.32 Å². The van der Waals surface area contributed by atoms with Crippen LogP contribution in [0.4, 0.5) is 0 Å². The first-order valence-corrected chi connectivity index (χ1v) is 5.64. The quantitative estimate of drug-likeness (QED) is 0.812. The predicted molar refractivity (Wildman–Crippen MR) is 69.3 cm³/mol.